The fraction of sp³-hybridized carbons (Fsp3) is 0.261. The van der Waals surface area contributed by atoms with Crippen molar-refractivity contribution in [3.63, 3.8) is 0 Å². The van der Waals surface area contributed by atoms with E-state index in [4.69, 9.17) is 11.2 Å². The largest absolute Gasteiger partial charge is 0.453 e. The zero-order valence-electron chi connectivity index (χ0n) is 18.0. The van der Waals surface area contributed by atoms with Crippen LogP contribution in [0, 0.1) is 26.2 Å². The zero-order valence-corrected chi connectivity index (χ0v) is 18.0. The quantitative estimate of drug-likeness (QED) is 0.527. The van der Waals surface area contributed by atoms with Gasteiger partial charge in [-0.25, -0.2) is 9.78 Å². The van der Waals surface area contributed by atoms with Crippen molar-refractivity contribution in [2.24, 2.45) is 0 Å². The molecule has 3 aromatic rings. The van der Waals surface area contributed by atoms with Gasteiger partial charge in [0.25, 0.3) is 0 Å². The molecule has 0 fully saturated rings. The second-order valence-corrected chi connectivity index (χ2v) is 7.07. The van der Waals surface area contributed by atoms with E-state index in [1.54, 1.807) is 0 Å². The monoisotopic (exact) mass is 419 g/mol. The maximum atomic E-state index is 11.7. The number of rotatable bonds is 6. The summed E-state index contributed by atoms with van der Waals surface area (Å²) in [6.07, 6.45) is 5.40. The van der Waals surface area contributed by atoms with Crippen LogP contribution in [-0.2, 0) is 22.5 Å². The molecular formula is C23H25N5O3. The highest BCUT2D eigenvalue weighted by molar-refractivity contribution is 5.89. The van der Waals surface area contributed by atoms with Gasteiger partial charge < -0.3 is 15.4 Å². The molecule has 3 N–H and O–H groups in total. The molecule has 0 aliphatic carbocycles. The fourth-order valence-corrected chi connectivity index (χ4v) is 3.43. The minimum atomic E-state index is -0.531. The van der Waals surface area contributed by atoms with Gasteiger partial charge in [-0.15, -0.1) is 12.3 Å². The molecular weight excluding hydrogens is 394 g/mol. The van der Waals surface area contributed by atoms with Gasteiger partial charge in [0.1, 0.15) is 5.82 Å². The van der Waals surface area contributed by atoms with Crippen molar-refractivity contribution in [3.05, 3.63) is 52.8 Å². The van der Waals surface area contributed by atoms with Gasteiger partial charge in [-0.1, -0.05) is 12.1 Å². The number of carbonyl (C=O) groups excluding carboxylic acids is 2. The van der Waals surface area contributed by atoms with Gasteiger partial charge in [0.05, 0.1) is 30.6 Å². The maximum absolute atomic E-state index is 11.7. The van der Waals surface area contributed by atoms with Crippen molar-refractivity contribution in [1.29, 1.82) is 0 Å². The van der Waals surface area contributed by atoms with Gasteiger partial charge in [-0.3, -0.25) is 14.5 Å². The summed E-state index contributed by atoms with van der Waals surface area (Å²) in [5, 5.41) is 8.98. The molecule has 2 amide bonds. The van der Waals surface area contributed by atoms with E-state index in [2.05, 4.69) is 26.9 Å². The Hall–Kier alpha value is -3.99. The van der Waals surface area contributed by atoms with Crippen molar-refractivity contribution < 1.29 is 14.3 Å². The number of nitrogens with zero attached hydrogens (tertiary/aromatic N) is 2. The third kappa shape index (κ3) is 4.61. The molecule has 0 saturated carbocycles. The van der Waals surface area contributed by atoms with Crippen LogP contribution in [0.5, 0.6) is 0 Å². The summed E-state index contributed by atoms with van der Waals surface area (Å²) in [6, 6.07) is 9.33. The fourth-order valence-electron chi connectivity index (χ4n) is 3.43. The maximum Gasteiger partial charge on any atom is 0.411 e. The molecule has 2 aromatic heterocycles. The smallest absolute Gasteiger partial charge is 0.411 e. The molecule has 31 heavy (non-hydrogen) atoms. The lowest BCUT2D eigenvalue weighted by Gasteiger charge is -2.16. The van der Waals surface area contributed by atoms with Crippen LogP contribution in [0.3, 0.4) is 0 Å². The third-order valence-electron chi connectivity index (χ3n) is 4.92. The number of terminal acetylenes is 1. The molecule has 0 saturated heterocycles. The first-order chi connectivity index (χ1) is 14.8. The van der Waals surface area contributed by atoms with Crippen LogP contribution < -0.4 is 16.0 Å². The number of pyridine rings is 1. The Morgan fingerprint density at radius 2 is 1.94 bits per heavy atom. The second kappa shape index (κ2) is 9.22. The Kier molecular flexibility index (Phi) is 6.46. The third-order valence-corrected chi connectivity index (χ3v) is 4.92. The summed E-state index contributed by atoms with van der Waals surface area (Å²) in [5.74, 6) is 3.07. The molecule has 0 aliphatic heterocycles. The first kappa shape index (κ1) is 21.7. The van der Waals surface area contributed by atoms with E-state index in [1.165, 1.54) is 14.0 Å². The van der Waals surface area contributed by atoms with Crippen LogP contribution in [-0.4, -0.2) is 28.5 Å². The van der Waals surface area contributed by atoms with Crippen LogP contribution >= 0.6 is 0 Å². The minimum Gasteiger partial charge on any atom is -0.453 e. The normalized spacial score (nSPS) is 10.4. The molecule has 160 valence electrons. The summed E-state index contributed by atoms with van der Waals surface area (Å²) < 4.78 is 6.58. The van der Waals surface area contributed by atoms with Crippen LogP contribution in [0.4, 0.5) is 22.0 Å². The van der Waals surface area contributed by atoms with Crippen LogP contribution in [0.15, 0.2) is 30.3 Å². The molecule has 2 heterocycles. The Bertz CT molecular complexity index is 1190. The molecule has 8 heteroatoms. The van der Waals surface area contributed by atoms with E-state index in [-0.39, 0.29) is 5.91 Å². The van der Waals surface area contributed by atoms with Crippen molar-refractivity contribution in [2.45, 2.75) is 33.7 Å². The van der Waals surface area contributed by atoms with Gasteiger partial charge in [0.15, 0.2) is 5.65 Å². The Balaban J connectivity index is 2.01. The van der Waals surface area contributed by atoms with Gasteiger partial charge in [-0.05, 0) is 43.2 Å². The van der Waals surface area contributed by atoms with Crippen molar-refractivity contribution in [3.8, 4) is 12.3 Å². The first-order valence-electron chi connectivity index (χ1n) is 9.75. The molecule has 0 atom stereocenters. The molecule has 8 nitrogen and oxygen atoms in total. The zero-order chi connectivity index (χ0) is 22.5. The van der Waals surface area contributed by atoms with E-state index >= 15 is 0 Å². The lowest BCUT2D eigenvalue weighted by molar-refractivity contribution is -0.114. The van der Waals surface area contributed by atoms with Crippen molar-refractivity contribution >= 4 is 34.8 Å². The summed E-state index contributed by atoms with van der Waals surface area (Å²) in [4.78, 5) is 28.1. The summed E-state index contributed by atoms with van der Waals surface area (Å²) >= 11 is 0. The highest BCUT2D eigenvalue weighted by Crippen LogP contribution is 2.27. The Labute approximate surface area is 181 Å². The van der Waals surface area contributed by atoms with Crippen molar-refractivity contribution in [1.82, 2.24) is 9.38 Å². The van der Waals surface area contributed by atoms with Gasteiger partial charge >= 0.3 is 6.09 Å². The number of hydrogen-bond donors (Lipinski definition) is 3. The van der Waals surface area contributed by atoms with Crippen LogP contribution in [0.2, 0.25) is 0 Å². The lowest BCUT2D eigenvalue weighted by atomic mass is 10.1. The van der Waals surface area contributed by atoms with Crippen LogP contribution in [0.25, 0.3) is 5.65 Å². The minimum absolute atomic E-state index is 0.182. The number of aryl methyl sites for hydroxylation is 2. The SMILES string of the molecule is C#CCc1c(C)nc2c(NCc3c(C)cccc3NC(=O)OC)ccc(NC(C)=O)n12. The molecule has 0 unspecified atom stereocenters. The average Bonchev–Trinajstić information content (AvgIpc) is 3.05. The lowest BCUT2D eigenvalue weighted by Crippen LogP contribution is -2.15. The summed E-state index contributed by atoms with van der Waals surface area (Å²) in [6.45, 7) is 5.76. The molecule has 0 bridgehead atoms. The molecule has 3 rings (SSSR count). The van der Waals surface area contributed by atoms with E-state index in [0.29, 0.717) is 30.1 Å². The second-order valence-electron chi connectivity index (χ2n) is 7.07. The Morgan fingerprint density at radius 3 is 2.61 bits per heavy atom. The predicted octanol–water partition coefficient (Wildman–Crippen LogP) is 3.88. The number of methoxy groups -OCH3 is 1. The number of benzene rings is 1. The standard InChI is InChI=1S/C23H25N5O3/c1-6-8-20-15(3)25-22-19(11-12-21(28(20)22)26-16(4)29)24-13-17-14(2)9-7-10-18(17)27-23(30)31-5/h1,7,9-12,24H,8,13H2,2-5H3,(H,26,29)(H,27,30). The van der Waals surface area contributed by atoms with Gasteiger partial charge in [0.2, 0.25) is 5.91 Å². The number of imidazole rings is 1. The number of amides is 2. The number of nitrogens with one attached hydrogen (secondary N) is 3. The molecule has 0 spiro atoms. The summed E-state index contributed by atoms with van der Waals surface area (Å²) in [7, 11) is 1.32. The first-order valence-corrected chi connectivity index (χ1v) is 9.75. The average molecular weight is 419 g/mol. The predicted molar refractivity (Wildman–Crippen MR) is 121 cm³/mol. The number of carbonyl (C=O) groups is 2. The summed E-state index contributed by atoms with van der Waals surface area (Å²) in [5.41, 5.74) is 5.66. The molecule has 1 aromatic carbocycles. The number of anilines is 3. The topological polar surface area (TPSA) is 96.8 Å². The van der Waals surface area contributed by atoms with Gasteiger partial charge in [0, 0.05) is 19.2 Å². The molecule has 0 aliphatic rings. The molecule has 0 radical (unpaired) electrons. The number of aromatic nitrogens is 2. The van der Waals surface area contributed by atoms with E-state index in [0.717, 1.165) is 28.2 Å². The van der Waals surface area contributed by atoms with Crippen molar-refractivity contribution in [2.75, 3.05) is 23.1 Å². The van der Waals surface area contributed by atoms with Gasteiger partial charge in [-0.2, -0.15) is 0 Å². The highest BCUT2D eigenvalue weighted by Gasteiger charge is 2.16. The van der Waals surface area contributed by atoms with E-state index < -0.39 is 6.09 Å². The Morgan fingerprint density at radius 1 is 1.16 bits per heavy atom. The highest BCUT2D eigenvalue weighted by atomic mass is 16.5. The van der Waals surface area contributed by atoms with E-state index in [9.17, 15) is 9.59 Å². The van der Waals surface area contributed by atoms with Crippen LogP contribution in [0.1, 0.15) is 29.4 Å². The number of ether oxygens (including phenoxy) is 1. The number of hydrogen-bond acceptors (Lipinski definition) is 5. The number of fused-ring (bicyclic) bond motifs is 1. The van der Waals surface area contributed by atoms with E-state index in [1.807, 2.05) is 48.6 Å².